The Morgan fingerprint density at radius 1 is 1.40 bits per heavy atom. The Labute approximate surface area is 123 Å². The van der Waals surface area contributed by atoms with Crippen molar-refractivity contribution in [3.05, 3.63) is 23.8 Å². The molecule has 0 radical (unpaired) electrons. The molecule has 0 amide bonds. The molecule has 1 aromatic carbocycles. The van der Waals surface area contributed by atoms with Gasteiger partial charge in [0.1, 0.15) is 0 Å². The van der Waals surface area contributed by atoms with Crippen molar-refractivity contribution in [1.29, 1.82) is 0 Å². The molecule has 1 N–H and O–H groups in total. The van der Waals surface area contributed by atoms with E-state index >= 15 is 0 Å². The second-order valence-corrected chi connectivity index (χ2v) is 6.37. The molecule has 0 saturated heterocycles. The van der Waals surface area contributed by atoms with Crippen LogP contribution in [0, 0.1) is 12.8 Å². The van der Waals surface area contributed by atoms with E-state index in [9.17, 15) is 4.79 Å². The maximum absolute atomic E-state index is 10.8. The van der Waals surface area contributed by atoms with Crippen LogP contribution in [0.25, 0.3) is 11.0 Å². The number of benzene rings is 1. The Kier molecular flexibility index (Phi) is 4.38. The predicted octanol–water partition coefficient (Wildman–Crippen LogP) is 3.74. The Morgan fingerprint density at radius 2 is 2.10 bits per heavy atom. The Bertz CT molecular complexity index is 634. The molecule has 2 aromatic rings. The zero-order chi connectivity index (χ0) is 14.9. The van der Waals surface area contributed by atoms with Crippen molar-refractivity contribution in [1.82, 2.24) is 9.55 Å². The minimum atomic E-state index is -0.818. The lowest BCUT2D eigenvalue weighted by atomic mass is 10.1. The molecule has 0 bridgehead atoms. The summed E-state index contributed by atoms with van der Waals surface area (Å²) in [5.41, 5.74) is 3.19. The SMILES string of the molecule is Cc1ccc2nc(SCC(=O)O)n(C(C)C(C)C)c2c1. The highest BCUT2D eigenvalue weighted by Crippen LogP contribution is 2.31. The van der Waals surface area contributed by atoms with Crippen molar-refractivity contribution in [3.63, 3.8) is 0 Å². The summed E-state index contributed by atoms with van der Waals surface area (Å²) in [6, 6.07) is 6.43. The van der Waals surface area contributed by atoms with E-state index in [1.165, 1.54) is 17.3 Å². The van der Waals surface area contributed by atoms with Crippen molar-refractivity contribution < 1.29 is 9.90 Å². The zero-order valence-electron chi connectivity index (χ0n) is 12.3. The van der Waals surface area contributed by atoms with Gasteiger partial charge >= 0.3 is 5.97 Å². The van der Waals surface area contributed by atoms with Gasteiger partial charge in [0.15, 0.2) is 5.16 Å². The van der Waals surface area contributed by atoms with E-state index in [1.807, 2.05) is 12.1 Å². The minimum absolute atomic E-state index is 0.0348. The average Bonchev–Trinajstić information content (AvgIpc) is 2.72. The first-order valence-corrected chi connectivity index (χ1v) is 7.72. The number of carbonyl (C=O) groups is 1. The number of hydrogen-bond acceptors (Lipinski definition) is 3. The van der Waals surface area contributed by atoms with Crippen LogP contribution in [0.5, 0.6) is 0 Å². The van der Waals surface area contributed by atoms with E-state index in [2.05, 4.69) is 43.3 Å². The summed E-state index contributed by atoms with van der Waals surface area (Å²) in [5.74, 6) is -0.327. The van der Waals surface area contributed by atoms with Gasteiger partial charge in [-0.15, -0.1) is 0 Å². The quantitative estimate of drug-likeness (QED) is 0.853. The molecular formula is C15H20N2O2S. The lowest BCUT2D eigenvalue weighted by Gasteiger charge is -2.20. The topological polar surface area (TPSA) is 55.1 Å². The van der Waals surface area contributed by atoms with Crippen molar-refractivity contribution in [2.24, 2.45) is 5.92 Å². The maximum Gasteiger partial charge on any atom is 0.313 e. The van der Waals surface area contributed by atoms with Crippen molar-refractivity contribution in [3.8, 4) is 0 Å². The molecular weight excluding hydrogens is 272 g/mol. The van der Waals surface area contributed by atoms with Gasteiger partial charge in [-0.3, -0.25) is 4.79 Å². The second kappa shape index (κ2) is 5.87. The van der Waals surface area contributed by atoms with Gasteiger partial charge in [0.25, 0.3) is 0 Å². The van der Waals surface area contributed by atoms with E-state index in [0.717, 1.165) is 16.2 Å². The maximum atomic E-state index is 10.8. The molecule has 1 heterocycles. The van der Waals surface area contributed by atoms with Gasteiger partial charge < -0.3 is 9.67 Å². The molecule has 1 atom stereocenters. The molecule has 0 saturated carbocycles. The fourth-order valence-corrected chi connectivity index (χ4v) is 2.92. The van der Waals surface area contributed by atoms with E-state index in [4.69, 9.17) is 5.11 Å². The normalized spacial score (nSPS) is 13.1. The number of carboxylic acid groups (broad SMARTS) is 1. The molecule has 2 rings (SSSR count). The van der Waals surface area contributed by atoms with Gasteiger partial charge in [-0.05, 0) is 37.5 Å². The van der Waals surface area contributed by atoms with Gasteiger partial charge in [0.2, 0.25) is 0 Å². The van der Waals surface area contributed by atoms with Crippen LogP contribution in [0.2, 0.25) is 0 Å². The number of thioether (sulfide) groups is 1. The number of aromatic nitrogens is 2. The smallest absolute Gasteiger partial charge is 0.313 e. The highest BCUT2D eigenvalue weighted by molar-refractivity contribution is 7.99. The van der Waals surface area contributed by atoms with Crippen molar-refractivity contribution in [2.75, 3.05) is 5.75 Å². The van der Waals surface area contributed by atoms with Crippen LogP contribution in [-0.4, -0.2) is 26.4 Å². The average molecular weight is 292 g/mol. The molecule has 1 aromatic heterocycles. The Hall–Kier alpha value is -1.49. The third-order valence-electron chi connectivity index (χ3n) is 3.51. The largest absolute Gasteiger partial charge is 0.481 e. The van der Waals surface area contributed by atoms with Crippen LogP contribution in [0.15, 0.2) is 23.4 Å². The molecule has 1 unspecified atom stereocenters. The minimum Gasteiger partial charge on any atom is -0.481 e. The number of fused-ring (bicyclic) bond motifs is 1. The van der Waals surface area contributed by atoms with E-state index in [0.29, 0.717) is 5.92 Å². The number of aliphatic carboxylic acids is 1. The third-order valence-corrected chi connectivity index (χ3v) is 4.45. The monoisotopic (exact) mass is 292 g/mol. The molecule has 20 heavy (non-hydrogen) atoms. The first-order valence-electron chi connectivity index (χ1n) is 6.73. The molecule has 5 heteroatoms. The number of aryl methyl sites for hydroxylation is 1. The van der Waals surface area contributed by atoms with Crippen LogP contribution in [-0.2, 0) is 4.79 Å². The zero-order valence-corrected chi connectivity index (χ0v) is 13.1. The summed E-state index contributed by atoms with van der Waals surface area (Å²) in [4.78, 5) is 15.4. The lowest BCUT2D eigenvalue weighted by molar-refractivity contribution is -0.133. The fraction of sp³-hybridized carbons (Fsp3) is 0.467. The molecule has 0 aliphatic heterocycles. The van der Waals surface area contributed by atoms with E-state index < -0.39 is 5.97 Å². The van der Waals surface area contributed by atoms with Crippen LogP contribution in [0.1, 0.15) is 32.4 Å². The van der Waals surface area contributed by atoms with Crippen LogP contribution in [0.3, 0.4) is 0 Å². The number of imidazole rings is 1. The second-order valence-electron chi connectivity index (χ2n) is 5.42. The van der Waals surface area contributed by atoms with Gasteiger partial charge in [-0.1, -0.05) is 31.7 Å². The van der Waals surface area contributed by atoms with Gasteiger partial charge in [0.05, 0.1) is 16.8 Å². The van der Waals surface area contributed by atoms with Crippen LogP contribution >= 0.6 is 11.8 Å². The molecule has 0 spiro atoms. The number of nitrogens with zero attached hydrogens (tertiary/aromatic N) is 2. The van der Waals surface area contributed by atoms with Gasteiger partial charge in [-0.2, -0.15) is 0 Å². The summed E-state index contributed by atoms with van der Waals surface area (Å²) in [6.45, 7) is 8.54. The number of rotatable bonds is 5. The summed E-state index contributed by atoms with van der Waals surface area (Å²) in [7, 11) is 0. The molecule has 0 aliphatic rings. The first kappa shape index (κ1) is 14.9. The molecule has 4 nitrogen and oxygen atoms in total. The molecule has 108 valence electrons. The van der Waals surface area contributed by atoms with Crippen LogP contribution in [0.4, 0.5) is 0 Å². The van der Waals surface area contributed by atoms with Gasteiger partial charge in [0, 0.05) is 6.04 Å². The summed E-state index contributed by atoms with van der Waals surface area (Å²) < 4.78 is 2.17. The predicted molar refractivity (Wildman–Crippen MR) is 82.4 cm³/mol. The van der Waals surface area contributed by atoms with Crippen molar-refractivity contribution >= 4 is 28.8 Å². The highest BCUT2D eigenvalue weighted by atomic mass is 32.2. The summed E-state index contributed by atoms with van der Waals surface area (Å²) in [6.07, 6.45) is 0. The van der Waals surface area contributed by atoms with E-state index in [-0.39, 0.29) is 11.8 Å². The van der Waals surface area contributed by atoms with Crippen LogP contribution < -0.4 is 0 Å². The van der Waals surface area contributed by atoms with Crippen molar-refractivity contribution in [2.45, 2.75) is 38.9 Å². The molecule has 0 aliphatic carbocycles. The number of carboxylic acids is 1. The van der Waals surface area contributed by atoms with Gasteiger partial charge in [-0.25, -0.2) is 4.98 Å². The molecule has 0 fully saturated rings. The highest BCUT2D eigenvalue weighted by Gasteiger charge is 2.19. The number of hydrogen-bond donors (Lipinski definition) is 1. The summed E-state index contributed by atoms with van der Waals surface area (Å²) >= 11 is 1.28. The third kappa shape index (κ3) is 2.98. The van der Waals surface area contributed by atoms with E-state index in [1.54, 1.807) is 0 Å². The summed E-state index contributed by atoms with van der Waals surface area (Å²) in [5, 5.41) is 9.66. The standard InChI is InChI=1S/C15H20N2O2S/c1-9(2)11(4)17-13-7-10(3)5-6-12(13)16-15(17)20-8-14(18)19/h5-7,9,11H,8H2,1-4H3,(H,18,19). The fourth-order valence-electron chi connectivity index (χ4n) is 2.10. The Morgan fingerprint density at radius 3 is 2.70 bits per heavy atom. The Balaban J connectivity index is 2.54. The lowest BCUT2D eigenvalue weighted by Crippen LogP contribution is -2.13. The first-order chi connectivity index (χ1) is 9.40.